The predicted octanol–water partition coefficient (Wildman–Crippen LogP) is 3.29. The Balaban J connectivity index is 1.24. The predicted molar refractivity (Wildman–Crippen MR) is 120 cm³/mol. The molecule has 2 aromatic carbocycles. The molecule has 30 heavy (non-hydrogen) atoms. The molecule has 3 N–H and O–H groups in total. The zero-order chi connectivity index (χ0) is 20.6. The Hall–Kier alpha value is -3.11. The van der Waals surface area contributed by atoms with Crippen LogP contribution in [0.15, 0.2) is 58.9 Å². The Morgan fingerprint density at radius 2 is 2.10 bits per heavy atom. The van der Waals surface area contributed by atoms with Gasteiger partial charge < -0.3 is 15.2 Å². The summed E-state index contributed by atoms with van der Waals surface area (Å²) in [6, 6.07) is 13.2. The summed E-state index contributed by atoms with van der Waals surface area (Å²) in [5.41, 5.74) is 4.06. The minimum atomic E-state index is -3.63. The van der Waals surface area contributed by atoms with Crippen molar-refractivity contribution in [3.05, 3.63) is 59.6 Å². The van der Waals surface area contributed by atoms with Crippen molar-refractivity contribution < 1.29 is 8.42 Å². The van der Waals surface area contributed by atoms with Crippen LogP contribution in [0.4, 0.5) is 16.8 Å². The van der Waals surface area contributed by atoms with Crippen LogP contribution in [0.1, 0.15) is 5.56 Å². The van der Waals surface area contributed by atoms with Crippen LogP contribution in [0.3, 0.4) is 0 Å². The van der Waals surface area contributed by atoms with Gasteiger partial charge in [0, 0.05) is 36.9 Å². The van der Waals surface area contributed by atoms with Gasteiger partial charge in [0.2, 0.25) is 5.95 Å². The number of para-hydroxylation sites is 2. The Morgan fingerprint density at radius 3 is 2.93 bits per heavy atom. The minimum Gasteiger partial charge on any atom is -0.369 e. The van der Waals surface area contributed by atoms with E-state index in [4.69, 9.17) is 0 Å². The number of H-pyrrole nitrogens is 1. The van der Waals surface area contributed by atoms with Gasteiger partial charge in [-0.1, -0.05) is 12.1 Å². The molecule has 8 nitrogen and oxygen atoms in total. The number of nitrogens with one attached hydrogen (secondary N) is 3. The van der Waals surface area contributed by atoms with E-state index >= 15 is 0 Å². The Morgan fingerprint density at radius 1 is 1.20 bits per heavy atom. The van der Waals surface area contributed by atoms with E-state index in [9.17, 15) is 8.42 Å². The summed E-state index contributed by atoms with van der Waals surface area (Å²) < 4.78 is 27.7. The molecule has 2 aromatic heterocycles. The number of hydrogen-bond acceptors (Lipinski definition) is 7. The standard InChI is InChI=1S/C20H20N6O2S2/c27-30(28,25-20-22-9-12-29-20)15-5-6-18-14(13-15)7-10-26(18)11-8-21-19-23-16-3-1-2-4-17(16)24-19/h1-6,9,12-13H,7-8,10-11H2,(H,22,25)(H2,21,23,24). The number of aromatic amines is 1. The SMILES string of the molecule is O=S(=O)(Nc1nccs1)c1ccc2c(c1)CCN2CCNc1nc2ccccc2[nH]1. The highest BCUT2D eigenvalue weighted by atomic mass is 32.2. The summed E-state index contributed by atoms with van der Waals surface area (Å²) in [6.45, 7) is 2.39. The van der Waals surface area contributed by atoms with Crippen LogP contribution in [0.5, 0.6) is 0 Å². The van der Waals surface area contributed by atoms with Crippen molar-refractivity contribution in [1.29, 1.82) is 0 Å². The van der Waals surface area contributed by atoms with E-state index < -0.39 is 10.0 Å². The quantitative estimate of drug-likeness (QED) is 0.407. The summed E-state index contributed by atoms with van der Waals surface area (Å²) in [5, 5.41) is 5.44. The van der Waals surface area contributed by atoms with Crippen LogP contribution in [-0.4, -0.2) is 43.0 Å². The number of aromatic nitrogens is 3. The molecule has 1 aliphatic rings. The van der Waals surface area contributed by atoms with Crippen molar-refractivity contribution in [3.63, 3.8) is 0 Å². The number of sulfonamides is 1. The molecule has 0 radical (unpaired) electrons. The van der Waals surface area contributed by atoms with Crippen molar-refractivity contribution >= 4 is 49.2 Å². The van der Waals surface area contributed by atoms with Gasteiger partial charge in [0.15, 0.2) is 5.13 Å². The molecule has 0 unspecified atom stereocenters. The lowest BCUT2D eigenvalue weighted by Gasteiger charge is -2.19. The van der Waals surface area contributed by atoms with Gasteiger partial charge in [-0.3, -0.25) is 4.72 Å². The highest BCUT2D eigenvalue weighted by Gasteiger charge is 2.23. The van der Waals surface area contributed by atoms with Crippen molar-refractivity contribution in [3.8, 4) is 0 Å². The fraction of sp³-hybridized carbons (Fsp3) is 0.200. The summed E-state index contributed by atoms with van der Waals surface area (Å²) in [6.07, 6.45) is 2.39. The van der Waals surface area contributed by atoms with Crippen molar-refractivity contribution in [1.82, 2.24) is 15.0 Å². The zero-order valence-corrected chi connectivity index (χ0v) is 17.6. The normalized spacial score (nSPS) is 13.5. The highest BCUT2D eigenvalue weighted by Crippen LogP contribution is 2.30. The molecule has 0 atom stereocenters. The number of imidazole rings is 1. The number of hydrogen-bond donors (Lipinski definition) is 3. The largest absolute Gasteiger partial charge is 0.369 e. The number of rotatable bonds is 7. The van der Waals surface area contributed by atoms with E-state index in [1.807, 2.05) is 30.3 Å². The molecular formula is C20H20N6O2S2. The van der Waals surface area contributed by atoms with E-state index in [2.05, 4.69) is 29.9 Å². The monoisotopic (exact) mass is 440 g/mol. The van der Waals surface area contributed by atoms with E-state index in [-0.39, 0.29) is 4.90 Å². The highest BCUT2D eigenvalue weighted by molar-refractivity contribution is 7.93. The first-order valence-electron chi connectivity index (χ1n) is 9.57. The molecule has 0 saturated carbocycles. The number of anilines is 3. The van der Waals surface area contributed by atoms with Gasteiger partial charge in [0.05, 0.1) is 15.9 Å². The molecule has 3 heterocycles. The van der Waals surface area contributed by atoms with Crippen molar-refractivity contribution in [2.45, 2.75) is 11.3 Å². The lowest BCUT2D eigenvalue weighted by Crippen LogP contribution is -2.27. The zero-order valence-electron chi connectivity index (χ0n) is 16.0. The molecule has 4 aromatic rings. The van der Waals surface area contributed by atoms with E-state index in [0.29, 0.717) is 5.13 Å². The number of thiazole rings is 1. The van der Waals surface area contributed by atoms with Gasteiger partial charge >= 0.3 is 0 Å². The first kappa shape index (κ1) is 18.9. The van der Waals surface area contributed by atoms with Crippen molar-refractivity contribution in [2.24, 2.45) is 0 Å². The number of benzene rings is 2. The molecule has 0 saturated heterocycles. The minimum absolute atomic E-state index is 0.263. The first-order valence-corrected chi connectivity index (χ1v) is 11.9. The smallest absolute Gasteiger partial charge is 0.263 e. The van der Waals surface area contributed by atoms with Crippen LogP contribution in [-0.2, 0) is 16.4 Å². The maximum Gasteiger partial charge on any atom is 0.263 e. The third-order valence-electron chi connectivity index (χ3n) is 5.07. The molecule has 0 spiro atoms. The molecule has 5 rings (SSSR count). The average molecular weight is 441 g/mol. The van der Waals surface area contributed by atoms with Crippen LogP contribution in [0.25, 0.3) is 11.0 Å². The average Bonchev–Trinajstić information content (AvgIpc) is 3.47. The maximum absolute atomic E-state index is 12.6. The molecule has 0 fully saturated rings. The van der Waals surface area contributed by atoms with Gasteiger partial charge in [-0.05, 0) is 42.3 Å². The summed E-state index contributed by atoms with van der Waals surface area (Å²) in [5.74, 6) is 0.755. The Bertz CT molecular complexity index is 1250. The summed E-state index contributed by atoms with van der Waals surface area (Å²) in [7, 11) is -3.63. The molecule has 0 aliphatic carbocycles. The van der Waals surface area contributed by atoms with Crippen LogP contribution < -0.4 is 14.9 Å². The van der Waals surface area contributed by atoms with E-state index in [0.717, 1.165) is 54.3 Å². The first-order chi connectivity index (χ1) is 14.6. The summed E-state index contributed by atoms with van der Waals surface area (Å²) in [4.78, 5) is 14.3. The van der Waals surface area contributed by atoms with Gasteiger partial charge in [-0.2, -0.15) is 0 Å². The van der Waals surface area contributed by atoms with Gasteiger partial charge in [0.1, 0.15) is 0 Å². The molecular weight excluding hydrogens is 420 g/mol. The van der Waals surface area contributed by atoms with Crippen LogP contribution in [0.2, 0.25) is 0 Å². The molecule has 1 aliphatic heterocycles. The van der Waals surface area contributed by atoms with E-state index in [1.54, 1.807) is 23.7 Å². The molecule has 10 heteroatoms. The second-order valence-corrected chi connectivity index (χ2v) is 9.58. The Labute approximate surface area is 178 Å². The molecule has 0 bridgehead atoms. The second-order valence-electron chi connectivity index (χ2n) is 7.00. The third kappa shape index (κ3) is 3.71. The lowest BCUT2D eigenvalue weighted by atomic mass is 10.2. The van der Waals surface area contributed by atoms with E-state index in [1.165, 1.54) is 11.3 Å². The van der Waals surface area contributed by atoms with Crippen LogP contribution in [0, 0.1) is 0 Å². The van der Waals surface area contributed by atoms with Crippen LogP contribution >= 0.6 is 11.3 Å². The van der Waals surface area contributed by atoms with Gasteiger partial charge in [0.25, 0.3) is 10.0 Å². The lowest BCUT2D eigenvalue weighted by molar-refractivity contribution is 0.601. The number of nitrogens with zero attached hydrogens (tertiary/aromatic N) is 3. The summed E-state index contributed by atoms with van der Waals surface area (Å²) >= 11 is 1.25. The number of fused-ring (bicyclic) bond motifs is 2. The molecule has 154 valence electrons. The molecule has 0 amide bonds. The van der Waals surface area contributed by atoms with Gasteiger partial charge in [-0.15, -0.1) is 11.3 Å². The second kappa shape index (κ2) is 7.62. The topological polar surface area (TPSA) is 103 Å². The fourth-order valence-corrected chi connectivity index (χ4v) is 5.48. The fourth-order valence-electron chi connectivity index (χ4n) is 3.64. The Kier molecular flexibility index (Phi) is 4.80. The third-order valence-corrected chi connectivity index (χ3v) is 7.22. The van der Waals surface area contributed by atoms with Gasteiger partial charge in [-0.25, -0.2) is 18.4 Å². The van der Waals surface area contributed by atoms with Crippen molar-refractivity contribution in [2.75, 3.05) is 34.6 Å². The maximum atomic E-state index is 12.6.